The van der Waals surface area contributed by atoms with E-state index in [2.05, 4.69) is 5.32 Å². The molecule has 112 valence electrons. The third-order valence-corrected chi connectivity index (χ3v) is 3.43. The van der Waals surface area contributed by atoms with Gasteiger partial charge in [0.15, 0.2) is 0 Å². The second-order valence-electron chi connectivity index (χ2n) is 4.07. The molecule has 0 aliphatic carbocycles. The number of nitrogens with zero attached hydrogens (tertiary/aromatic N) is 1. The maximum Gasteiger partial charge on any atom is 0.347 e. The number of carbonyl (C=O) groups excluding carboxylic acids is 1. The Bertz CT molecular complexity index is 547. The van der Waals surface area contributed by atoms with Crippen LogP contribution in [0.3, 0.4) is 0 Å². The van der Waals surface area contributed by atoms with Crippen molar-refractivity contribution in [2.75, 3.05) is 13.7 Å². The number of carbonyl (C=O) groups is 1. The van der Waals surface area contributed by atoms with Gasteiger partial charge in [0.1, 0.15) is 16.1 Å². The lowest BCUT2D eigenvalue weighted by molar-refractivity contribution is -0.137. The summed E-state index contributed by atoms with van der Waals surface area (Å²) in [5.41, 5.74) is 1.66. The number of thioether (sulfide) groups is 1. The molecule has 1 N–H and O–H groups in total. The van der Waals surface area contributed by atoms with E-state index in [1.54, 1.807) is 21.0 Å². The lowest BCUT2D eigenvalue weighted by Crippen LogP contribution is -2.16. The van der Waals surface area contributed by atoms with Crippen LogP contribution in [0.5, 0.6) is 5.75 Å². The summed E-state index contributed by atoms with van der Waals surface area (Å²) in [7, 11) is 1.62. The highest BCUT2D eigenvalue weighted by Gasteiger charge is 2.15. The molecule has 1 aromatic rings. The Morgan fingerprint density at radius 1 is 1.38 bits per heavy atom. The lowest BCUT2D eigenvalue weighted by atomic mass is 10.2. The number of methoxy groups -OCH3 is 1. The van der Waals surface area contributed by atoms with Gasteiger partial charge >= 0.3 is 5.97 Å². The van der Waals surface area contributed by atoms with Crippen molar-refractivity contribution in [1.82, 2.24) is 5.32 Å². The van der Waals surface area contributed by atoms with Gasteiger partial charge in [0.05, 0.1) is 13.7 Å². The van der Waals surface area contributed by atoms with Crippen LogP contribution in [0.2, 0.25) is 0 Å². The zero-order valence-electron chi connectivity index (χ0n) is 12.3. The number of esters is 1. The molecule has 5 nitrogen and oxygen atoms in total. The van der Waals surface area contributed by atoms with Crippen LogP contribution in [0.25, 0.3) is 0 Å². The first-order valence-electron chi connectivity index (χ1n) is 6.43. The minimum atomic E-state index is -0.483. The van der Waals surface area contributed by atoms with Gasteiger partial charge in [-0.15, -0.1) is 0 Å². The van der Waals surface area contributed by atoms with Crippen molar-refractivity contribution >= 4 is 17.7 Å². The summed E-state index contributed by atoms with van der Waals surface area (Å²) in [5.74, 6) is 0.307. The Labute approximate surface area is 128 Å². The molecule has 0 saturated carbocycles. The topological polar surface area (TPSA) is 71.4 Å². The first kappa shape index (κ1) is 16.9. The molecule has 1 rings (SSSR count). The van der Waals surface area contributed by atoms with Crippen LogP contribution in [0.15, 0.2) is 34.9 Å². The molecular formula is C15H18N2O3S. The van der Waals surface area contributed by atoms with Crippen LogP contribution >= 0.6 is 11.8 Å². The summed E-state index contributed by atoms with van der Waals surface area (Å²) < 4.78 is 10.0. The monoisotopic (exact) mass is 306 g/mol. The Morgan fingerprint density at radius 3 is 2.57 bits per heavy atom. The lowest BCUT2D eigenvalue weighted by Gasteiger charge is -2.11. The fourth-order valence-electron chi connectivity index (χ4n) is 1.57. The predicted octanol–water partition coefficient (Wildman–Crippen LogP) is 2.79. The molecule has 1 aromatic carbocycles. The minimum absolute atomic E-state index is 0.278. The van der Waals surface area contributed by atoms with E-state index in [0.29, 0.717) is 12.2 Å². The molecule has 6 heteroatoms. The van der Waals surface area contributed by atoms with E-state index in [-0.39, 0.29) is 11.5 Å². The Balaban J connectivity index is 2.74. The van der Waals surface area contributed by atoms with Crippen LogP contribution in [0.4, 0.5) is 0 Å². The van der Waals surface area contributed by atoms with Gasteiger partial charge in [-0.25, -0.2) is 4.79 Å². The van der Waals surface area contributed by atoms with Crippen molar-refractivity contribution in [2.24, 2.45) is 0 Å². The number of hydrogen-bond donors (Lipinski definition) is 1. The van der Waals surface area contributed by atoms with Crippen LogP contribution < -0.4 is 10.1 Å². The molecule has 0 fully saturated rings. The molecule has 0 saturated heterocycles. The summed E-state index contributed by atoms with van der Waals surface area (Å²) >= 11 is 0.802. The molecule has 0 spiro atoms. The van der Waals surface area contributed by atoms with Crippen molar-refractivity contribution in [3.63, 3.8) is 0 Å². The number of hydrogen-bond acceptors (Lipinski definition) is 6. The van der Waals surface area contributed by atoms with E-state index in [9.17, 15) is 4.79 Å². The van der Waals surface area contributed by atoms with E-state index in [4.69, 9.17) is 14.7 Å². The van der Waals surface area contributed by atoms with E-state index >= 15 is 0 Å². The van der Waals surface area contributed by atoms with Crippen molar-refractivity contribution in [3.05, 3.63) is 40.4 Å². The van der Waals surface area contributed by atoms with Crippen molar-refractivity contribution in [3.8, 4) is 11.2 Å². The molecule has 0 aliphatic heterocycles. The Kier molecular flexibility index (Phi) is 7.19. The molecule has 0 atom stereocenters. The van der Waals surface area contributed by atoms with Crippen LogP contribution in [0, 0.1) is 10.7 Å². The molecule has 0 aromatic heterocycles. The maximum absolute atomic E-state index is 11.8. The van der Waals surface area contributed by atoms with Gasteiger partial charge in [0.25, 0.3) is 0 Å². The van der Waals surface area contributed by atoms with Crippen molar-refractivity contribution < 1.29 is 14.3 Å². The molecule has 0 amide bonds. The predicted molar refractivity (Wildman–Crippen MR) is 82.4 cm³/mol. The quantitative estimate of drug-likeness (QED) is 0.474. The van der Waals surface area contributed by atoms with Crippen molar-refractivity contribution in [2.45, 2.75) is 20.4 Å². The molecule has 0 unspecified atom stereocenters. The third kappa shape index (κ3) is 5.40. The highest BCUT2D eigenvalue weighted by atomic mass is 32.2. The summed E-state index contributed by atoms with van der Waals surface area (Å²) in [5, 5.41) is 13.8. The van der Waals surface area contributed by atoms with Crippen LogP contribution in [-0.2, 0) is 16.1 Å². The molecule has 0 aliphatic rings. The Hall–Kier alpha value is -2.13. The first-order chi connectivity index (χ1) is 10.1. The summed E-state index contributed by atoms with van der Waals surface area (Å²) in [4.78, 5) is 12.0. The summed E-state index contributed by atoms with van der Waals surface area (Å²) in [6.45, 7) is 4.30. The average Bonchev–Trinajstić information content (AvgIpc) is 2.51. The molecular weight excluding hydrogens is 288 g/mol. The first-order valence-corrected chi connectivity index (χ1v) is 7.24. The Morgan fingerprint density at radius 2 is 2.05 bits per heavy atom. The van der Waals surface area contributed by atoms with Gasteiger partial charge in [-0.3, -0.25) is 0 Å². The van der Waals surface area contributed by atoms with Crippen LogP contribution in [0.1, 0.15) is 19.4 Å². The van der Waals surface area contributed by atoms with E-state index in [1.807, 2.05) is 29.7 Å². The summed E-state index contributed by atoms with van der Waals surface area (Å²) in [6.07, 6.45) is 0. The number of ether oxygens (including phenoxy) is 2. The van der Waals surface area contributed by atoms with Gasteiger partial charge in [-0.2, -0.15) is 5.26 Å². The highest BCUT2D eigenvalue weighted by molar-refractivity contribution is 8.08. The summed E-state index contributed by atoms with van der Waals surface area (Å²) in [6, 6.07) is 7.60. The number of allylic oxidation sites excluding steroid dienone is 1. The van der Waals surface area contributed by atoms with Gasteiger partial charge < -0.3 is 14.8 Å². The number of nitriles is 1. The van der Waals surface area contributed by atoms with E-state index in [1.165, 1.54) is 0 Å². The minimum Gasteiger partial charge on any atom is -0.497 e. The molecule has 0 radical (unpaired) electrons. The fraction of sp³-hybridized carbons (Fsp3) is 0.333. The van der Waals surface area contributed by atoms with Gasteiger partial charge in [0.2, 0.25) is 0 Å². The molecule has 0 bridgehead atoms. The number of rotatable bonds is 7. The zero-order valence-corrected chi connectivity index (χ0v) is 13.1. The highest BCUT2D eigenvalue weighted by Crippen LogP contribution is 2.19. The van der Waals surface area contributed by atoms with Gasteiger partial charge in [0, 0.05) is 12.2 Å². The number of benzene rings is 1. The largest absolute Gasteiger partial charge is 0.497 e. The van der Waals surface area contributed by atoms with E-state index in [0.717, 1.165) is 23.1 Å². The average molecular weight is 306 g/mol. The standard InChI is InChI=1S/C15H18N2O3S/c1-4-20-15(18)14(21-10-16)11(2)17-9-12-5-7-13(19-3)8-6-12/h5-8,17H,4,9H2,1-3H3. The smallest absolute Gasteiger partial charge is 0.347 e. The van der Waals surface area contributed by atoms with Gasteiger partial charge in [-0.1, -0.05) is 12.1 Å². The van der Waals surface area contributed by atoms with Gasteiger partial charge in [-0.05, 0) is 43.3 Å². The fourth-order valence-corrected chi connectivity index (χ4v) is 2.03. The SMILES string of the molecule is CCOC(=O)C(SC#N)=C(C)NCc1ccc(OC)cc1. The van der Waals surface area contributed by atoms with Crippen molar-refractivity contribution in [1.29, 1.82) is 5.26 Å². The van der Waals surface area contributed by atoms with E-state index < -0.39 is 5.97 Å². The zero-order chi connectivity index (χ0) is 15.7. The molecule has 0 heterocycles. The normalized spacial score (nSPS) is 11.1. The maximum atomic E-state index is 11.8. The number of nitrogens with one attached hydrogen (secondary N) is 1. The molecule has 21 heavy (non-hydrogen) atoms. The second-order valence-corrected chi connectivity index (χ2v) is 4.86. The van der Waals surface area contributed by atoms with Crippen LogP contribution in [-0.4, -0.2) is 19.7 Å². The third-order valence-electron chi connectivity index (χ3n) is 2.67. The second kappa shape index (κ2) is 8.93. The number of thiocyanates is 1.